The van der Waals surface area contributed by atoms with Crippen molar-refractivity contribution in [3.8, 4) is 17.2 Å². The van der Waals surface area contributed by atoms with Gasteiger partial charge in [-0.15, -0.1) is 0 Å². The Balaban J connectivity index is 1.89. The van der Waals surface area contributed by atoms with Gasteiger partial charge in [0.1, 0.15) is 17.2 Å². The zero-order chi connectivity index (χ0) is 28.8. The summed E-state index contributed by atoms with van der Waals surface area (Å²) in [4.78, 5) is 12.6. The maximum atomic E-state index is 13.7. The van der Waals surface area contributed by atoms with E-state index < -0.39 is 34.2 Å². The maximum absolute atomic E-state index is 13.7. The molecule has 3 aromatic rings. The molecule has 3 aromatic carbocycles. The van der Waals surface area contributed by atoms with E-state index in [1.807, 2.05) is 0 Å². The van der Waals surface area contributed by atoms with Crippen molar-refractivity contribution in [3.63, 3.8) is 0 Å². The van der Waals surface area contributed by atoms with Crippen molar-refractivity contribution in [3.05, 3.63) is 77.4 Å². The molecule has 39 heavy (non-hydrogen) atoms. The molecule has 0 aliphatic heterocycles. The number of methoxy groups -OCH3 is 3. The van der Waals surface area contributed by atoms with Gasteiger partial charge in [0.05, 0.1) is 32.6 Å². The maximum Gasteiger partial charge on any atom is 0.416 e. The molecule has 0 radical (unpaired) electrons. The summed E-state index contributed by atoms with van der Waals surface area (Å²) >= 11 is 0. The number of carbonyl (C=O) groups is 1. The lowest BCUT2D eigenvalue weighted by molar-refractivity contribution is -0.137. The second kappa shape index (κ2) is 12.3. The summed E-state index contributed by atoms with van der Waals surface area (Å²) in [5, 5.41) is 2.64. The first-order valence-corrected chi connectivity index (χ1v) is 13.2. The molecule has 0 heterocycles. The number of nitrogens with one attached hydrogen (secondary N) is 1. The van der Waals surface area contributed by atoms with Crippen molar-refractivity contribution >= 4 is 21.6 Å². The van der Waals surface area contributed by atoms with Crippen LogP contribution in [0.5, 0.6) is 17.2 Å². The van der Waals surface area contributed by atoms with Gasteiger partial charge in [-0.25, -0.2) is 8.42 Å². The minimum Gasteiger partial charge on any atom is -0.495 e. The van der Waals surface area contributed by atoms with E-state index in [-0.39, 0.29) is 22.9 Å². The van der Waals surface area contributed by atoms with Crippen molar-refractivity contribution < 1.29 is 40.6 Å². The molecule has 8 nitrogen and oxygen atoms in total. The van der Waals surface area contributed by atoms with Crippen LogP contribution in [0.1, 0.15) is 16.7 Å². The van der Waals surface area contributed by atoms with Crippen LogP contribution < -0.4 is 23.8 Å². The molecule has 0 atom stereocenters. The first-order valence-electron chi connectivity index (χ1n) is 11.7. The van der Waals surface area contributed by atoms with Crippen LogP contribution in [0.2, 0.25) is 0 Å². The summed E-state index contributed by atoms with van der Waals surface area (Å²) in [6, 6.07) is 13.5. The zero-order valence-electron chi connectivity index (χ0n) is 21.8. The molecule has 3 rings (SSSR count). The Labute approximate surface area is 225 Å². The second-order valence-electron chi connectivity index (χ2n) is 8.50. The summed E-state index contributed by atoms with van der Waals surface area (Å²) in [5.74, 6) is 0.337. The number of alkyl halides is 3. The molecular weight excluding hydrogens is 537 g/mol. The minimum atomic E-state index is -4.71. The van der Waals surface area contributed by atoms with Crippen molar-refractivity contribution in [2.24, 2.45) is 0 Å². The third-order valence-electron chi connectivity index (χ3n) is 5.82. The minimum absolute atomic E-state index is 0.00793. The van der Waals surface area contributed by atoms with Gasteiger partial charge in [-0.2, -0.15) is 13.2 Å². The Morgan fingerprint density at radius 3 is 2.21 bits per heavy atom. The molecule has 0 aliphatic rings. The highest BCUT2D eigenvalue weighted by molar-refractivity contribution is 7.93. The Bertz CT molecular complexity index is 1430. The lowest BCUT2D eigenvalue weighted by Crippen LogP contribution is -2.41. The molecule has 0 bridgehead atoms. The van der Waals surface area contributed by atoms with Crippen molar-refractivity contribution in [2.75, 3.05) is 38.7 Å². The van der Waals surface area contributed by atoms with Gasteiger partial charge in [0.2, 0.25) is 5.91 Å². The number of nitrogens with zero attached hydrogens (tertiary/aromatic N) is 1. The van der Waals surface area contributed by atoms with E-state index in [2.05, 4.69) is 5.32 Å². The number of anilines is 1. The smallest absolute Gasteiger partial charge is 0.416 e. The first-order chi connectivity index (χ1) is 18.4. The molecule has 0 fully saturated rings. The summed E-state index contributed by atoms with van der Waals surface area (Å²) in [7, 11) is -0.240. The number of benzene rings is 3. The van der Waals surface area contributed by atoms with Gasteiger partial charge in [-0.1, -0.05) is 18.2 Å². The normalized spacial score (nSPS) is 11.6. The van der Waals surface area contributed by atoms with E-state index in [0.717, 1.165) is 17.7 Å². The van der Waals surface area contributed by atoms with Crippen molar-refractivity contribution in [2.45, 2.75) is 24.4 Å². The second-order valence-corrected chi connectivity index (χ2v) is 10.3. The average Bonchev–Trinajstić information content (AvgIpc) is 2.91. The predicted molar refractivity (Wildman–Crippen MR) is 140 cm³/mol. The van der Waals surface area contributed by atoms with Gasteiger partial charge < -0.3 is 19.5 Å². The standard InChI is InChI=1S/C27H29F3N2O6S/c1-18-8-10-23(37-3)25(14-18)39(34,35)32(21-7-5-6-20(16-21)27(28,29)30)17-26(33)31-13-12-19-9-11-22(36-2)24(15-19)38-4/h5-11,14-16H,12-13,17H2,1-4H3,(H,31,33). The monoisotopic (exact) mass is 566 g/mol. The number of aryl methyl sites for hydroxylation is 1. The summed E-state index contributed by atoms with van der Waals surface area (Å²) < 4.78 is 84.1. The topological polar surface area (TPSA) is 94.2 Å². The molecule has 12 heteroatoms. The molecule has 1 N–H and O–H groups in total. The largest absolute Gasteiger partial charge is 0.495 e. The van der Waals surface area contributed by atoms with E-state index in [0.29, 0.717) is 33.9 Å². The van der Waals surface area contributed by atoms with Gasteiger partial charge >= 0.3 is 6.18 Å². The van der Waals surface area contributed by atoms with Crippen LogP contribution >= 0.6 is 0 Å². The number of amides is 1. The summed E-state index contributed by atoms with van der Waals surface area (Å²) in [6.07, 6.45) is -4.33. The van der Waals surface area contributed by atoms with Crippen LogP contribution in [0, 0.1) is 6.92 Å². The van der Waals surface area contributed by atoms with E-state index in [4.69, 9.17) is 14.2 Å². The number of ether oxygens (including phenoxy) is 3. The van der Waals surface area contributed by atoms with Crippen LogP contribution in [-0.4, -0.2) is 48.7 Å². The molecule has 0 spiro atoms. The highest BCUT2D eigenvalue weighted by Gasteiger charge is 2.34. The number of hydrogen-bond donors (Lipinski definition) is 1. The van der Waals surface area contributed by atoms with Gasteiger partial charge in [-0.3, -0.25) is 9.10 Å². The third kappa shape index (κ3) is 7.14. The van der Waals surface area contributed by atoms with E-state index in [9.17, 15) is 26.4 Å². The SMILES string of the molecule is COc1ccc(CCNC(=O)CN(c2cccc(C(F)(F)F)c2)S(=O)(=O)c2cc(C)ccc2OC)cc1OC. The lowest BCUT2D eigenvalue weighted by Gasteiger charge is -2.26. The molecule has 1 amide bonds. The Hall–Kier alpha value is -3.93. The number of rotatable bonds is 11. The van der Waals surface area contributed by atoms with Gasteiger partial charge in [0.15, 0.2) is 11.5 Å². The number of sulfonamides is 1. The molecule has 0 aromatic heterocycles. The number of carbonyl (C=O) groups excluding carboxylic acids is 1. The number of halogens is 3. The van der Waals surface area contributed by atoms with E-state index in [1.54, 1.807) is 31.2 Å². The fraction of sp³-hybridized carbons (Fsp3) is 0.296. The molecule has 0 unspecified atom stereocenters. The van der Waals surface area contributed by atoms with Gasteiger partial charge in [0.25, 0.3) is 10.0 Å². The quantitative estimate of drug-likeness (QED) is 0.365. The average molecular weight is 567 g/mol. The summed E-state index contributed by atoms with van der Waals surface area (Å²) in [6.45, 7) is 1.04. The summed E-state index contributed by atoms with van der Waals surface area (Å²) in [5.41, 5.74) is 0.0336. The predicted octanol–water partition coefficient (Wildman–Crippen LogP) is 4.59. The lowest BCUT2D eigenvalue weighted by atomic mass is 10.1. The molecular formula is C27H29F3N2O6S. The molecule has 0 saturated carbocycles. The molecule has 0 saturated heterocycles. The fourth-order valence-electron chi connectivity index (χ4n) is 3.83. The third-order valence-corrected chi connectivity index (χ3v) is 7.61. The molecule has 210 valence electrons. The Morgan fingerprint density at radius 1 is 0.897 bits per heavy atom. The van der Waals surface area contributed by atoms with Crippen molar-refractivity contribution in [1.82, 2.24) is 5.32 Å². The fourth-order valence-corrected chi connectivity index (χ4v) is 5.48. The van der Waals surface area contributed by atoms with E-state index in [1.165, 1.54) is 39.5 Å². The van der Waals surface area contributed by atoms with Crippen LogP contribution in [0.15, 0.2) is 65.6 Å². The Kier molecular flexibility index (Phi) is 9.33. The van der Waals surface area contributed by atoms with Gasteiger partial charge in [0, 0.05) is 6.54 Å². The van der Waals surface area contributed by atoms with Crippen LogP contribution in [0.4, 0.5) is 18.9 Å². The zero-order valence-corrected chi connectivity index (χ0v) is 22.7. The highest BCUT2D eigenvalue weighted by Crippen LogP contribution is 2.35. The highest BCUT2D eigenvalue weighted by atomic mass is 32.2. The molecule has 0 aliphatic carbocycles. The van der Waals surface area contributed by atoms with Crippen LogP contribution in [0.3, 0.4) is 0 Å². The van der Waals surface area contributed by atoms with Crippen LogP contribution in [0.25, 0.3) is 0 Å². The van der Waals surface area contributed by atoms with Crippen molar-refractivity contribution in [1.29, 1.82) is 0 Å². The van der Waals surface area contributed by atoms with Gasteiger partial charge in [-0.05, 0) is 66.9 Å². The van der Waals surface area contributed by atoms with E-state index >= 15 is 0 Å². The Morgan fingerprint density at radius 2 is 1.56 bits per heavy atom. The van der Waals surface area contributed by atoms with Crippen LogP contribution in [-0.2, 0) is 27.4 Å². The number of hydrogen-bond acceptors (Lipinski definition) is 6. The first kappa shape index (κ1) is 29.6.